The van der Waals surface area contributed by atoms with E-state index in [1.54, 1.807) is 11.8 Å². The Morgan fingerprint density at radius 3 is 2.81 bits per heavy atom. The summed E-state index contributed by atoms with van der Waals surface area (Å²) < 4.78 is 11.2. The molecule has 1 unspecified atom stereocenters. The van der Waals surface area contributed by atoms with Gasteiger partial charge in [0, 0.05) is 22.4 Å². The second kappa shape index (κ2) is 11.4. The van der Waals surface area contributed by atoms with Crippen LogP contribution in [0.25, 0.3) is 0 Å². The van der Waals surface area contributed by atoms with Crippen molar-refractivity contribution in [3.8, 4) is 5.75 Å². The highest BCUT2D eigenvalue weighted by atomic mass is 32.2. The van der Waals surface area contributed by atoms with E-state index in [2.05, 4.69) is 13.8 Å². The van der Waals surface area contributed by atoms with Gasteiger partial charge in [0.25, 0.3) is 0 Å². The molecule has 1 aromatic rings. The number of rotatable bonds is 13. The SMILES string of the molecule is CCCCC(CC)COC(=O)CCSc1ccc(OCC2CC2)cc1N. The molecule has 146 valence electrons. The number of nitrogens with two attached hydrogens (primary N) is 1. The van der Waals surface area contributed by atoms with Crippen LogP contribution < -0.4 is 10.5 Å². The topological polar surface area (TPSA) is 61.5 Å². The van der Waals surface area contributed by atoms with E-state index in [4.69, 9.17) is 15.2 Å². The number of carbonyl (C=O) groups is 1. The van der Waals surface area contributed by atoms with Crippen molar-refractivity contribution in [1.82, 2.24) is 0 Å². The predicted molar refractivity (Wildman–Crippen MR) is 109 cm³/mol. The minimum atomic E-state index is -0.115. The van der Waals surface area contributed by atoms with Gasteiger partial charge in [0.15, 0.2) is 0 Å². The van der Waals surface area contributed by atoms with E-state index in [9.17, 15) is 4.79 Å². The molecule has 0 amide bonds. The highest BCUT2D eigenvalue weighted by Gasteiger charge is 2.22. The van der Waals surface area contributed by atoms with Gasteiger partial charge in [0.05, 0.1) is 19.6 Å². The molecule has 4 nitrogen and oxygen atoms in total. The third-order valence-electron chi connectivity index (χ3n) is 4.75. The summed E-state index contributed by atoms with van der Waals surface area (Å²) in [5.74, 6) is 2.61. The van der Waals surface area contributed by atoms with Crippen molar-refractivity contribution in [2.24, 2.45) is 11.8 Å². The minimum Gasteiger partial charge on any atom is -0.493 e. The first-order valence-corrected chi connectivity index (χ1v) is 10.9. The maximum absolute atomic E-state index is 11.9. The monoisotopic (exact) mass is 379 g/mol. The standard InChI is InChI=1S/C21H33NO3S/c1-3-5-6-16(4-2)14-25-21(23)11-12-26-20-10-9-18(13-19(20)22)24-15-17-7-8-17/h9-10,13,16-17H,3-8,11-12,14-15,22H2,1-2H3. The van der Waals surface area contributed by atoms with Gasteiger partial charge in [-0.3, -0.25) is 4.79 Å². The van der Waals surface area contributed by atoms with Gasteiger partial charge in [-0.15, -0.1) is 11.8 Å². The predicted octanol–water partition coefficient (Wildman–Crippen LogP) is 5.30. The molecule has 0 aromatic heterocycles. The molecule has 1 atom stereocenters. The average Bonchev–Trinajstić information content (AvgIpc) is 3.46. The van der Waals surface area contributed by atoms with Gasteiger partial charge in [-0.25, -0.2) is 0 Å². The number of nitrogen functional groups attached to an aromatic ring is 1. The van der Waals surface area contributed by atoms with Gasteiger partial charge in [-0.2, -0.15) is 0 Å². The Labute approximate surface area is 162 Å². The lowest BCUT2D eigenvalue weighted by atomic mass is 10.0. The van der Waals surface area contributed by atoms with Gasteiger partial charge in [-0.05, 0) is 43.2 Å². The fourth-order valence-corrected chi connectivity index (χ4v) is 3.55. The van der Waals surface area contributed by atoms with Crippen molar-refractivity contribution in [2.45, 2.75) is 63.7 Å². The Bertz CT molecular complexity index is 560. The van der Waals surface area contributed by atoms with Gasteiger partial charge >= 0.3 is 5.97 Å². The van der Waals surface area contributed by atoms with Crippen LogP contribution in [-0.2, 0) is 9.53 Å². The summed E-state index contributed by atoms with van der Waals surface area (Å²) in [7, 11) is 0. The Kier molecular flexibility index (Phi) is 9.16. The molecular formula is C21H33NO3S. The summed E-state index contributed by atoms with van der Waals surface area (Å²) in [5, 5.41) is 0. The molecule has 0 radical (unpaired) electrons. The molecule has 0 aliphatic heterocycles. The van der Waals surface area contributed by atoms with E-state index in [0.717, 1.165) is 36.0 Å². The lowest BCUT2D eigenvalue weighted by molar-refractivity contribution is -0.144. The Hall–Kier alpha value is -1.36. The molecule has 1 aliphatic rings. The first-order chi connectivity index (χ1) is 12.6. The molecule has 2 rings (SSSR count). The van der Waals surface area contributed by atoms with Crippen molar-refractivity contribution in [1.29, 1.82) is 0 Å². The van der Waals surface area contributed by atoms with Crippen LogP contribution in [0.3, 0.4) is 0 Å². The van der Waals surface area contributed by atoms with E-state index in [1.807, 2.05) is 18.2 Å². The Balaban J connectivity index is 1.65. The van der Waals surface area contributed by atoms with Crippen LogP contribution in [0, 0.1) is 11.8 Å². The molecule has 1 saturated carbocycles. The van der Waals surface area contributed by atoms with E-state index < -0.39 is 0 Å². The van der Waals surface area contributed by atoms with Crippen LogP contribution in [0.4, 0.5) is 5.69 Å². The van der Waals surface area contributed by atoms with Crippen LogP contribution in [0.2, 0.25) is 0 Å². The van der Waals surface area contributed by atoms with Crippen molar-refractivity contribution in [3.63, 3.8) is 0 Å². The van der Waals surface area contributed by atoms with Crippen molar-refractivity contribution < 1.29 is 14.3 Å². The zero-order chi connectivity index (χ0) is 18.8. The van der Waals surface area contributed by atoms with Gasteiger partial charge in [-0.1, -0.05) is 33.1 Å². The fraction of sp³-hybridized carbons (Fsp3) is 0.667. The molecule has 2 N–H and O–H groups in total. The summed E-state index contributed by atoms with van der Waals surface area (Å²) >= 11 is 1.59. The number of benzene rings is 1. The highest BCUT2D eigenvalue weighted by molar-refractivity contribution is 7.99. The van der Waals surface area contributed by atoms with Crippen LogP contribution in [0.5, 0.6) is 5.75 Å². The first-order valence-electron chi connectivity index (χ1n) is 9.93. The zero-order valence-electron chi connectivity index (χ0n) is 16.2. The molecule has 0 heterocycles. The lowest BCUT2D eigenvalue weighted by Gasteiger charge is -2.14. The maximum atomic E-state index is 11.9. The Morgan fingerprint density at radius 2 is 2.15 bits per heavy atom. The molecule has 1 aromatic carbocycles. The van der Waals surface area contributed by atoms with Crippen molar-refractivity contribution >= 4 is 23.4 Å². The second-order valence-corrected chi connectivity index (χ2v) is 8.29. The minimum absolute atomic E-state index is 0.115. The van der Waals surface area contributed by atoms with E-state index in [1.165, 1.54) is 25.7 Å². The summed E-state index contributed by atoms with van der Waals surface area (Å²) in [4.78, 5) is 12.9. The second-order valence-electron chi connectivity index (χ2n) is 7.15. The van der Waals surface area contributed by atoms with Crippen LogP contribution in [0.15, 0.2) is 23.1 Å². The average molecular weight is 380 g/mol. The van der Waals surface area contributed by atoms with Gasteiger partial charge in [0.1, 0.15) is 5.75 Å². The number of carbonyl (C=O) groups excluding carboxylic acids is 1. The highest BCUT2D eigenvalue weighted by Crippen LogP contribution is 2.32. The molecule has 5 heteroatoms. The summed E-state index contributed by atoms with van der Waals surface area (Å²) in [6.45, 7) is 5.68. The van der Waals surface area contributed by atoms with E-state index in [-0.39, 0.29) is 5.97 Å². The van der Waals surface area contributed by atoms with E-state index in [0.29, 0.717) is 30.4 Å². The van der Waals surface area contributed by atoms with E-state index >= 15 is 0 Å². The number of anilines is 1. The van der Waals surface area contributed by atoms with Crippen molar-refractivity contribution in [2.75, 3.05) is 24.7 Å². The smallest absolute Gasteiger partial charge is 0.306 e. The number of esters is 1. The third-order valence-corrected chi connectivity index (χ3v) is 5.84. The molecule has 1 aliphatic carbocycles. The number of hydrogen-bond acceptors (Lipinski definition) is 5. The van der Waals surface area contributed by atoms with Gasteiger partial charge < -0.3 is 15.2 Å². The summed E-state index contributed by atoms with van der Waals surface area (Å²) in [6, 6.07) is 5.81. The Morgan fingerprint density at radius 1 is 1.35 bits per heavy atom. The van der Waals surface area contributed by atoms with Crippen LogP contribution in [0.1, 0.15) is 58.8 Å². The molecule has 0 saturated heterocycles. The molecule has 1 fully saturated rings. The maximum Gasteiger partial charge on any atom is 0.306 e. The number of unbranched alkanes of at least 4 members (excludes halogenated alkanes) is 1. The molecular weight excluding hydrogens is 346 g/mol. The lowest BCUT2D eigenvalue weighted by Crippen LogP contribution is -2.14. The van der Waals surface area contributed by atoms with Gasteiger partial charge in [0.2, 0.25) is 0 Å². The number of hydrogen-bond donors (Lipinski definition) is 1. The summed E-state index contributed by atoms with van der Waals surface area (Å²) in [5.41, 5.74) is 6.82. The zero-order valence-corrected chi connectivity index (χ0v) is 17.0. The fourth-order valence-electron chi connectivity index (χ4n) is 2.67. The largest absolute Gasteiger partial charge is 0.493 e. The molecule has 0 bridgehead atoms. The quantitative estimate of drug-likeness (QED) is 0.286. The summed E-state index contributed by atoms with van der Waals surface area (Å²) in [6.07, 6.45) is 7.55. The van der Waals surface area contributed by atoms with Crippen LogP contribution in [-0.4, -0.2) is 24.9 Å². The van der Waals surface area contributed by atoms with Crippen molar-refractivity contribution in [3.05, 3.63) is 18.2 Å². The number of thioether (sulfide) groups is 1. The van der Waals surface area contributed by atoms with Crippen LogP contribution >= 0.6 is 11.8 Å². The first kappa shape index (κ1) is 20.9. The number of ether oxygens (including phenoxy) is 2. The normalized spacial score (nSPS) is 14.8. The third kappa shape index (κ3) is 7.90. The molecule has 0 spiro atoms. The molecule has 26 heavy (non-hydrogen) atoms.